The summed E-state index contributed by atoms with van der Waals surface area (Å²) in [5.41, 5.74) is 3.15. The number of hydrogen-bond donors (Lipinski definition) is 2. The zero-order chi connectivity index (χ0) is 18.9. The van der Waals surface area contributed by atoms with Crippen LogP contribution in [0.4, 0.5) is 10.5 Å². The molecule has 0 radical (unpaired) electrons. The highest BCUT2D eigenvalue weighted by Crippen LogP contribution is 2.26. The first kappa shape index (κ1) is 20.1. The van der Waals surface area contributed by atoms with Crippen molar-refractivity contribution in [3.05, 3.63) is 59.7 Å². The van der Waals surface area contributed by atoms with E-state index in [0.29, 0.717) is 11.8 Å². The Bertz CT molecular complexity index is 731. The van der Waals surface area contributed by atoms with Crippen molar-refractivity contribution in [3.63, 3.8) is 0 Å². The lowest BCUT2D eigenvalue weighted by Gasteiger charge is -2.21. The molecule has 1 aliphatic rings. The van der Waals surface area contributed by atoms with Crippen LogP contribution in [0.15, 0.2) is 53.4 Å². The molecule has 0 atom stereocenters. The van der Waals surface area contributed by atoms with Crippen molar-refractivity contribution in [2.45, 2.75) is 35.3 Å². The molecule has 2 amide bonds. The van der Waals surface area contributed by atoms with Crippen LogP contribution in [-0.4, -0.2) is 30.8 Å². The number of benzene rings is 2. The van der Waals surface area contributed by atoms with E-state index in [-0.39, 0.29) is 6.03 Å². The Kier molecular flexibility index (Phi) is 7.93. The van der Waals surface area contributed by atoms with Gasteiger partial charge in [-0.25, -0.2) is 4.79 Å². The van der Waals surface area contributed by atoms with Gasteiger partial charge in [0.05, 0.1) is 0 Å². The molecule has 1 saturated heterocycles. The maximum Gasteiger partial charge on any atom is 0.319 e. The fourth-order valence-corrected chi connectivity index (χ4v) is 4.44. The average molecular weight is 403 g/mol. The summed E-state index contributed by atoms with van der Waals surface area (Å²) in [6.07, 6.45) is 4.31. The van der Waals surface area contributed by atoms with E-state index in [4.69, 9.17) is 4.74 Å². The van der Waals surface area contributed by atoms with E-state index in [0.717, 1.165) is 43.1 Å². The second-order valence-corrected chi connectivity index (χ2v) is 8.65. The van der Waals surface area contributed by atoms with Gasteiger partial charge in [0.25, 0.3) is 0 Å². The van der Waals surface area contributed by atoms with Gasteiger partial charge in [0.2, 0.25) is 0 Å². The standard InChI is InChI=1S/C21H26N2O2S2/c1-26-19-7-5-16(6-8-19)14-22-21(24)23-18-4-2-3-17(13-18)15-27-20-9-11-25-12-10-20/h2-8,13,20H,9-12,14-15H2,1H3,(H2,22,23,24). The largest absolute Gasteiger partial charge is 0.381 e. The third-order valence-corrected chi connectivity index (χ3v) is 6.64. The van der Waals surface area contributed by atoms with Gasteiger partial charge in [-0.1, -0.05) is 24.3 Å². The van der Waals surface area contributed by atoms with E-state index >= 15 is 0 Å². The van der Waals surface area contributed by atoms with Crippen LogP contribution >= 0.6 is 23.5 Å². The lowest BCUT2D eigenvalue weighted by molar-refractivity contribution is 0.1000. The van der Waals surface area contributed by atoms with Crippen molar-refractivity contribution in [3.8, 4) is 0 Å². The fraction of sp³-hybridized carbons (Fsp3) is 0.381. The first-order chi connectivity index (χ1) is 13.2. The molecular formula is C21H26N2O2S2. The molecule has 0 saturated carbocycles. The minimum absolute atomic E-state index is 0.182. The minimum atomic E-state index is -0.182. The van der Waals surface area contributed by atoms with Crippen LogP contribution in [0.5, 0.6) is 0 Å². The van der Waals surface area contributed by atoms with E-state index in [2.05, 4.69) is 41.2 Å². The summed E-state index contributed by atoms with van der Waals surface area (Å²) in [5.74, 6) is 0.962. The average Bonchev–Trinajstić information content (AvgIpc) is 2.72. The van der Waals surface area contributed by atoms with Crippen LogP contribution in [0.2, 0.25) is 0 Å². The molecule has 2 aromatic carbocycles. The summed E-state index contributed by atoms with van der Waals surface area (Å²) >= 11 is 3.69. The monoisotopic (exact) mass is 402 g/mol. The molecular weight excluding hydrogens is 376 g/mol. The molecule has 2 N–H and O–H groups in total. The topological polar surface area (TPSA) is 50.4 Å². The Morgan fingerprint density at radius 3 is 2.63 bits per heavy atom. The highest BCUT2D eigenvalue weighted by atomic mass is 32.2. The Hall–Kier alpha value is -1.63. The van der Waals surface area contributed by atoms with Gasteiger partial charge in [0.1, 0.15) is 0 Å². The number of thioether (sulfide) groups is 2. The van der Waals surface area contributed by atoms with Gasteiger partial charge in [-0.15, -0.1) is 11.8 Å². The predicted octanol–water partition coefficient (Wildman–Crippen LogP) is 5.14. The van der Waals surface area contributed by atoms with E-state index in [9.17, 15) is 4.79 Å². The van der Waals surface area contributed by atoms with Gasteiger partial charge in [-0.2, -0.15) is 11.8 Å². The maximum absolute atomic E-state index is 12.2. The Morgan fingerprint density at radius 2 is 1.89 bits per heavy atom. The van der Waals surface area contributed by atoms with E-state index in [1.165, 1.54) is 10.5 Å². The number of urea groups is 1. The highest BCUT2D eigenvalue weighted by Gasteiger charge is 2.14. The van der Waals surface area contributed by atoms with Gasteiger partial charge in [0, 0.05) is 41.3 Å². The van der Waals surface area contributed by atoms with Crippen LogP contribution in [0.1, 0.15) is 24.0 Å². The van der Waals surface area contributed by atoms with Crippen molar-refractivity contribution >= 4 is 35.2 Å². The SMILES string of the molecule is CSc1ccc(CNC(=O)Nc2cccc(CSC3CCOCC3)c2)cc1. The third-order valence-electron chi connectivity index (χ3n) is 4.45. The maximum atomic E-state index is 12.2. The van der Waals surface area contributed by atoms with Crippen LogP contribution < -0.4 is 10.6 Å². The van der Waals surface area contributed by atoms with Crippen molar-refractivity contribution < 1.29 is 9.53 Å². The zero-order valence-corrected chi connectivity index (χ0v) is 17.2. The number of amides is 2. The summed E-state index contributed by atoms with van der Waals surface area (Å²) in [6.45, 7) is 2.26. The molecule has 0 bridgehead atoms. The molecule has 0 spiro atoms. The van der Waals surface area contributed by atoms with Crippen molar-refractivity contribution in [1.29, 1.82) is 0 Å². The Labute approximate surface area is 169 Å². The van der Waals surface area contributed by atoms with Gasteiger partial charge in [-0.05, 0) is 54.5 Å². The number of anilines is 1. The smallest absolute Gasteiger partial charge is 0.319 e. The number of hydrogen-bond acceptors (Lipinski definition) is 4. The van der Waals surface area contributed by atoms with Gasteiger partial charge in [-0.3, -0.25) is 0 Å². The van der Waals surface area contributed by atoms with Crippen molar-refractivity contribution in [2.75, 3.05) is 24.8 Å². The molecule has 2 aromatic rings. The first-order valence-electron chi connectivity index (χ1n) is 9.19. The number of ether oxygens (including phenoxy) is 1. The number of nitrogens with one attached hydrogen (secondary N) is 2. The summed E-state index contributed by atoms with van der Waals surface area (Å²) < 4.78 is 5.41. The molecule has 1 fully saturated rings. The van der Waals surface area contributed by atoms with Crippen LogP contribution in [0.3, 0.4) is 0 Å². The van der Waals surface area contributed by atoms with E-state index in [1.54, 1.807) is 11.8 Å². The molecule has 1 heterocycles. The Balaban J connectivity index is 1.45. The molecule has 4 nitrogen and oxygen atoms in total. The quantitative estimate of drug-likeness (QED) is 0.630. The van der Waals surface area contributed by atoms with Crippen molar-refractivity contribution in [1.82, 2.24) is 5.32 Å². The molecule has 6 heteroatoms. The molecule has 0 aliphatic carbocycles. The first-order valence-corrected chi connectivity index (χ1v) is 11.5. The molecule has 27 heavy (non-hydrogen) atoms. The minimum Gasteiger partial charge on any atom is -0.381 e. The van der Waals surface area contributed by atoms with Crippen LogP contribution in [0.25, 0.3) is 0 Å². The summed E-state index contributed by atoms with van der Waals surface area (Å²) in [5, 5.41) is 6.52. The lowest BCUT2D eigenvalue weighted by atomic mass is 10.2. The van der Waals surface area contributed by atoms with Gasteiger partial charge < -0.3 is 15.4 Å². The highest BCUT2D eigenvalue weighted by molar-refractivity contribution is 7.99. The summed E-state index contributed by atoms with van der Waals surface area (Å²) in [4.78, 5) is 13.4. The molecule has 3 rings (SSSR count). The van der Waals surface area contributed by atoms with E-state index in [1.807, 2.05) is 36.0 Å². The molecule has 144 valence electrons. The molecule has 0 unspecified atom stereocenters. The summed E-state index contributed by atoms with van der Waals surface area (Å²) in [7, 11) is 0. The number of rotatable bonds is 7. The fourth-order valence-electron chi connectivity index (χ4n) is 2.90. The van der Waals surface area contributed by atoms with Gasteiger partial charge in [0.15, 0.2) is 0 Å². The second kappa shape index (κ2) is 10.6. The number of carbonyl (C=O) groups excluding carboxylic acids is 1. The van der Waals surface area contributed by atoms with Crippen LogP contribution in [-0.2, 0) is 17.0 Å². The zero-order valence-electron chi connectivity index (χ0n) is 15.6. The summed E-state index contributed by atoms with van der Waals surface area (Å²) in [6, 6.07) is 16.1. The Morgan fingerprint density at radius 1 is 1.11 bits per heavy atom. The lowest BCUT2D eigenvalue weighted by Crippen LogP contribution is -2.28. The normalized spacial score (nSPS) is 14.7. The van der Waals surface area contributed by atoms with E-state index < -0.39 is 0 Å². The number of carbonyl (C=O) groups is 1. The third kappa shape index (κ3) is 6.79. The van der Waals surface area contributed by atoms with Crippen LogP contribution in [0, 0.1) is 0 Å². The predicted molar refractivity (Wildman–Crippen MR) is 116 cm³/mol. The van der Waals surface area contributed by atoms with Crippen molar-refractivity contribution in [2.24, 2.45) is 0 Å². The van der Waals surface area contributed by atoms with Gasteiger partial charge >= 0.3 is 6.03 Å². The molecule has 1 aliphatic heterocycles. The second-order valence-electron chi connectivity index (χ2n) is 6.48. The molecule has 0 aromatic heterocycles.